The van der Waals surface area contributed by atoms with E-state index in [1.165, 1.54) is 27.8 Å². The Kier molecular flexibility index (Phi) is 10.5. The topological polar surface area (TPSA) is 73.8 Å². The molecule has 0 bridgehead atoms. The monoisotopic (exact) mass is 524 g/mol. The molecule has 1 amide bonds. The summed E-state index contributed by atoms with van der Waals surface area (Å²) in [5, 5.41) is 0.636. The summed E-state index contributed by atoms with van der Waals surface area (Å²) in [6.07, 6.45) is 1.50. The van der Waals surface area contributed by atoms with E-state index >= 15 is 0 Å². The van der Waals surface area contributed by atoms with E-state index in [2.05, 4.69) is 4.98 Å². The Labute approximate surface area is 212 Å². The molecular weight excluding hydrogens is 492 g/mol. The number of nitrogens with zero attached hydrogens (tertiary/aromatic N) is 4. The Morgan fingerprint density at radius 3 is 2.09 bits per heavy atom. The first-order chi connectivity index (χ1) is 15.8. The van der Waals surface area contributed by atoms with Gasteiger partial charge in [-0.1, -0.05) is 37.3 Å². The fraction of sp³-hybridized carbons (Fsp3) is 0.417. The van der Waals surface area contributed by atoms with E-state index in [9.17, 15) is 13.2 Å². The Morgan fingerprint density at radius 2 is 1.53 bits per heavy atom. The van der Waals surface area contributed by atoms with Crippen molar-refractivity contribution in [1.82, 2.24) is 14.2 Å². The summed E-state index contributed by atoms with van der Waals surface area (Å²) in [7, 11) is 0.327. The minimum Gasteiger partial charge on any atom is -0.308 e. The van der Waals surface area contributed by atoms with Gasteiger partial charge in [0.1, 0.15) is 0 Å². The van der Waals surface area contributed by atoms with Gasteiger partial charge in [-0.3, -0.25) is 9.69 Å². The lowest BCUT2D eigenvalue weighted by Gasteiger charge is -2.23. The van der Waals surface area contributed by atoms with Crippen LogP contribution in [0.5, 0.6) is 0 Å². The van der Waals surface area contributed by atoms with E-state index in [-0.39, 0.29) is 23.2 Å². The van der Waals surface area contributed by atoms with Crippen LogP contribution in [0.25, 0.3) is 10.2 Å². The average Bonchev–Trinajstić information content (AvgIpc) is 3.22. The fourth-order valence-corrected chi connectivity index (χ4v) is 6.10. The van der Waals surface area contributed by atoms with Crippen LogP contribution in [0.1, 0.15) is 37.0 Å². The molecule has 2 aromatic carbocycles. The highest BCUT2D eigenvalue weighted by atomic mass is 35.5. The number of rotatable bonds is 11. The predicted molar refractivity (Wildman–Crippen MR) is 143 cm³/mol. The van der Waals surface area contributed by atoms with Gasteiger partial charge < -0.3 is 4.90 Å². The normalized spacial score (nSPS) is 11.7. The largest absolute Gasteiger partial charge is 0.308 e. The molecular formula is C24H33ClN4O3S2. The third-order valence-electron chi connectivity index (χ3n) is 5.21. The van der Waals surface area contributed by atoms with Crippen molar-refractivity contribution in [1.29, 1.82) is 0 Å². The third-order valence-corrected chi connectivity index (χ3v) is 8.19. The molecule has 10 heteroatoms. The Balaban J connectivity index is 0.00000408. The number of hydrogen-bond donors (Lipinski definition) is 0. The molecule has 0 aliphatic carbocycles. The molecule has 0 aliphatic heterocycles. The fourth-order valence-electron chi connectivity index (χ4n) is 3.48. The lowest BCUT2D eigenvalue weighted by Crippen LogP contribution is -2.36. The quantitative estimate of drug-likeness (QED) is 0.362. The molecule has 1 heterocycles. The van der Waals surface area contributed by atoms with Gasteiger partial charge in [-0.15, -0.1) is 12.4 Å². The first-order valence-electron chi connectivity index (χ1n) is 11.2. The number of anilines is 1. The Bertz CT molecular complexity index is 1140. The van der Waals surface area contributed by atoms with Crippen molar-refractivity contribution in [3.63, 3.8) is 0 Å². The van der Waals surface area contributed by atoms with Crippen LogP contribution in [0.3, 0.4) is 0 Å². The van der Waals surface area contributed by atoms with Gasteiger partial charge in [-0.05, 0) is 63.3 Å². The lowest BCUT2D eigenvalue weighted by molar-refractivity contribution is 0.0985. The summed E-state index contributed by atoms with van der Waals surface area (Å²) < 4.78 is 28.6. The molecule has 0 atom stereocenters. The maximum atomic E-state index is 13.4. The molecule has 3 aromatic rings. The van der Waals surface area contributed by atoms with Crippen LogP contribution >= 0.6 is 23.7 Å². The molecule has 0 saturated heterocycles. The standard InChI is InChI=1S/C24H32N4O3S2.ClH/c1-5-15-27(16-6-2)33(30,31)20-13-11-19(12-14-20)23(29)28(18-17-26(3)4)24-25-21-9-7-8-10-22(21)32-24;/h7-14H,5-6,15-18H2,1-4H3;1H. The number of carbonyl (C=O) groups is 1. The molecule has 1 aromatic heterocycles. The highest BCUT2D eigenvalue weighted by Crippen LogP contribution is 2.29. The molecule has 0 saturated carbocycles. The zero-order valence-corrected chi connectivity index (χ0v) is 22.5. The molecule has 0 radical (unpaired) electrons. The first-order valence-corrected chi connectivity index (χ1v) is 13.5. The maximum Gasteiger partial charge on any atom is 0.260 e. The zero-order chi connectivity index (χ0) is 24.0. The number of aromatic nitrogens is 1. The molecule has 7 nitrogen and oxygen atoms in total. The summed E-state index contributed by atoms with van der Waals surface area (Å²) >= 11 is 1.48. The summed E-state index contributed by atoms with van der Waals surface area (Å²) in [4.78, 5) is 22.0. The zero-order valence-electron chi connectivity index (χ0n) is 20.1. The predicted octanol–water partition coefficient (Wildman–Crippen LogP) is 4.74. The maximum absolute atomic E-state index is 13.4. The summed E-state index contributed by atoms with van der Waals surface area (Å²) in [6, 6.07) is 14.1. The van der Waals surface area contributed by atoms with Gasteiger partial charge in [0, 0.05) is 31.7 Å². The van der Waals surface area contributed by atoms with Crippen LogP contribution in [0.2, 0.25) is 0 Å². The van der Waals surface area contributed by atoms with Crippen LogP contribution in [0, 0.1) is 0 Å². The second-order valence-electron chi connectivity index (χ2n) is 8.15. The van der Waals surface area contributed by atoms with Crippen molar-refractivity contribution in [3.05, 3.63) is 54.1 Å². The Hall–Kier alpha value is -2.04. The van der Waals surface area contributed by atoms with Gasteiger partial charge in [0.25, 0.3) is 5.91 Å². The van der Waals surface area contributed by atoms with E-state index < -0.39 is 10.0 Å². The van der Waals surface area contributed by atoms with Gasteiger partial charge in [0.05, 0.1) is 15.1 Å². The molecule has 0 N–H and O–H groups in total. The smallest absolute Gasteiger partial charge is 0.260 e. The second kappa shape index (κ2) is 12.6. The van der Waals surface area contributed by atoms with Crippen LogP contribution in [-0.4, -0.2) is 68.8 Å². The second-order valence-corrected chi connectivity index (χ2v) is 11.1. The highest BCUT2D eigenvalue weighted by molar-refractivity contribution is 7.89. The van der Waals surface area contributed by atoms with Crippen LogP contribution in [0.4, 0.5) is 5.13 Å². The molecule has 0 fully saturated rings. The molecule has 0 spiro atoms. The summed E-state index contributed by atoms with van der Waals surface area (Å²) in [5.41, 5.74) is 1.29. The number of amides is 1. The van der Waals surface area contributed by atoms with E-state index in [1.54, 1.807) is 17.0 Å². The van der Waals surface area contributed by atoms with Crippen LogP contribution in [0.15, 0.2) is 53.4 Å². The molecule has 3 rings (SSSR count). The van der Waals surface area contributed by atoms with Crippen molar-refractivity contribution in [2.24, 2.45) is 0 Å². The number of carbonyl (C=O) groups excluding carboxylic acids is 1. The van der Waals surface area contributed by atoms with Crippen molar-refractivity contribution in [3.8, 4) is 0 Å². The van der Waals surface area contributed by atoms with Crippen LogP contribution < -0.4 is 4.90 Å². The van der Waals surface area contributed by atoms with E-state index in [1.807, 2.05) is 57.1 Å². The average molecular weight is 525 g/mol. The van der Waals surface area contributed by atoms with Gasteiger partial charge in [-0.25, -0.2) is 13.4 Å². The van der Waals surface area contributed by atoms with Crippen molar-refractivity contribution in [2.75, 3.05) is 45.2 Å². The molecule has 0 aliphatic rings. The van der Waals surface area contributed by atoms with E-state index in [0.29, 0.717) is 36.9 Å². The molecule has 186 valence electrons. The minimum atomic E-state index is -3.59. The number of halogens is 1. The third kappa shape index (κ3) is 6.55. The number of thiazole rings is 1. The number of hydrogen-bond acceptors (Lipinski definition) is 6. The Morgan fingerprint density at radius 1 is 0.912 bits per heavy atom. The van der Waals surface area contributed by atoms with Crippen molar-refractivity contribution in [2.45, 2.75) is 31.6 Å². The number of para-hydroxylation sites is 1. The van der Waals surface area contributed by atoms with Gasteiger partial charge >= 0.3 is 0 Å². The molecule has 34 heavy (non-hydrogen) atoms. The van der Waals surface area contributed by atoms with Gasteiger partial charge in [0.15, 0.2) is 5.13 Å². The summed E-state index contributed by atoms with van der Waals surface area (Å²) in [6.45, 7) is 6.04. The lowest BCUT2D eigenvalue weighted by atomic mass is 10.2. The van der Waals surface area contributed by atoms with Gasteiger partial charge in [0.2, 0.25) is 10.0 Å². The van der Waals surface area contributed by atoms with Gasteiger partial charge in [-0.2, -0.15) is 4.31 Å². The number of fused-ring (bicyclic) bond motifs is 1. The minimum absolute atomic E-state index is 0. The summed E-state index contributed by atoms with van der Waals surface area (Å²) in [5.74, 6) is -0.196. The number of benzene rings is 2. The number of likely N-dealkylation sites (N-methyl/N-ethyl adjacent to an activating group) is 1. The van der Waals surface area contributed by atoms with Crippen LogP contribution in [-0.2, 0) is 10.0 Å². The van der Waals surface area contributed by atoms with E-state index in [0.717, 1.165) is 23.1 Å². The first kappa shape index (κ1) is 28.2. The molecule has 0 unspecified atom stereocenters. The van der Waals surface area contributed by atoms with E-state index in [4.69, 9.17) is 0 Å². The SMILES string of the molecule is CCCN(CCC)S(=O)(=O)c1ccc(C(=O)N(CCN(C)C)c2nc3ccccc3s2)cc1.Cl. The highest BCUT2D eigenvalue weighted by Gasteiger charge is 2.25. The van der Waals surface area contributed by atoms with Crippen molar-refractivity contribution < 1.29 is 13.2 Å². The number of sulfonamides is 1. The van der Waals surface area contributed by atoms with Crippen molar-refractivity contribution >= 4 is 55.0 Å².